The highest BCUT2D eigenvalue weighted by Gasteiger charge is 2.29. The summed E-state index contributed by atoms with van der Waals surface area (Å²) in [6, 6.07) is 1.88. The summed E-state index contributed by atoms with van der Waals surface area (Å²) in [5.74, 6) is 0. The molecule has 1 aliphatic heterocycles. The van der Waals surface area contributed by atoms with Crippen LogP contribution in [0.15, 0.2) is 0 Å². The molecule has 3 atom stereocenters. The van der Waals surface area contributed by atoms with Crippen LogP contribution in [0, 0.1) is 0 Å². The Bertz CT molecular complexity index is 122. The Hall–Kier alpha value is -0.0800. The van der Waals surface area contributed by atoms with Gasteiger partial charge in [-0.2, -0.15) is 0 Å². The normalized spacial score (nSPS) is 38.5. The molecule has 1 fully saturated rings. The largest absolute Gasteiger partial charge is 0.328 e. The van der Waals surface area contributed by atoms with Crippen LogP contribution in [0.5, 0.6) is 0 Å². The number of hydrogen-bond acceptors (Lipinski definition) is 2. The van der Waals surface area contributed by atoms with Crippen molar-refractivity contribution in [2.24, 2.45) is 5.73 Å². The van der Waals surface area contributed by atoms with Crippen LogP contribution in [-0.4, -0.2) is 30.1 Å². The maximum Gasteiger partial charge on any atom is 0.0107 e. The topological polar surface area (TPSA) is 29.3 Å². The van der Waals surface area contributed by atoms with Gasteiger partial charge in [0, 0.05) is 18.1 Å². The Morgan fingerprint density at radius 2 is 1.58 bits per heavy atom. The van der Waals surface area contributed by atoms with E-state index < -0.39 is 0 Å². The van der Waals surface area contributed by atoms with E-state index in [0.29, 0.717) is 6.04 Å². The maximum absolute atomic E-state index is 6.00. The van der Waals surface area contributed by atoms with Crippen LogP contribution in [0.4, 0.5) is 0 Å². The Labute approximate surface area is 76.1 Å². The van der Waals surface area contributed by atoms with Crippen molar-refractivity contribution in [1.82, 2.24) is 4.90 Å². The molecule has 1 unspecified atom stereocenters. The lowest BCUT2D eigenvalue weighted by molar-refractivity contribution is 0.0963. The van der Waals surface area contributed by atoms with Gasteiger partial charge < -0.3 is 10.6 Å². The van der Waals surface area contributed by atoms with E-state index in [-0.39, 0.29) is 0 Å². The van der Waals surface area contributed by atoms with Crippen molar-refractivity contribution in [1.29, 1.82) is 0 Å². The first-order valence-corrected chi connectivity index (χ1v) is 5.16. The van der Waals surface area contributed by atoms with Crippen LogP contribution in [0.25, 0.3) is 0 Å². The molecule has 0 aliphatic carbocycles. The van der Waals surface area contributed by atoms with Gasteiger partial charge in [-0.15, -0.1) is 0 Å². The quantitative estimate of drug-likeness (QED) is 0.682. The van der Waals surface area contributed by atoms with E-state index in [2.05, 4.69) is 25.8 Å². The van der Waals surface area contributed by atoms with Crippen molar-refractivity contribution in [3.8, 4) is 0 Å². The van der Waals surface area contributed by atoms with E-state index in [4.69, 9.17) is 5.73 Å². The van der Waals surface area contributed by atoms with Gasteiger partial charge in [0.15, 0.2) is 0 Å². The second-order valence-corrected chi connectivity index (χ2v) is 4.02. The van der Waals surface area contributed by atoms with Crippen molar-refractivity contribution in [3.63, 3.8) is 0 Å². The molecule has 2 nitrogen and oxygen atoms in total. The summed E-state index contributed by atoms with van der Waals surface area (Å²) >= 11 is 0. The monoisotopic (exact) mass is 170 g/mol. The zero-order valence-corrected chi connectivity index (χ0v) is 8.59. The first kappa shape index (κ1) is 10.0. The molecule has 0 bridgehead atoms. The van der Waals surface area contributed by atoms with Crippen LogP contribution in [-0.2, 0) is 0 Å². The summed E-state index contributed by atoms with van der Waals surface area (Å²) in [7, 11) is 2.24. The molecule has 0 saturated carbocycles. The summed E-state index contributed by atoms with van der Waals surface area (Å²) in [5.41, 5.74) is 6.00. The fraction of sp³-hybridized carbons (Fsp3) is 1.00. The van der Waals surface area contributed by atoms with Gasteiger partial charge >= 0.3 is 0 Å². The molecule has 1 saturated heterocycles. The predicted octanol–water partition coefficient (Wildman–Crippen LogP) is 1.60. The number of likely N-dealkylation sites (tertiary alicyclic amines) is 1. The fourth-order valence-electron chi connectivity index (χ4n) is 2.34. The SMILES string of the molecule is CC[C@@H]1CC(N)C[C@H](CC)N1C. The maximum atomic E-state index is 6.00. The molecular weight excluding hydrogens is 148 g/mol. The molecule has 2 N–H and O–H groups in total. The summed E-state index contributed by atoms with van der Waals surface area (Å²) in [6.45, 7) is 4.51. The zero-order chi connectivity index (χ0) is 9.14. The Balaban J connectivity index is 2.55. The second kappa shape index (κ2) is 4.24. The zero-order valence-electron chi connectivity index (χ0n) is 8.59. The third kappa shape index (κ3) is 1.99. The van der Waals surface area contributed by atoms with E-state index in [1.807, 2.05) is 0 Å². The summed E-state index contributed by atoms with van der Waals surface area (Å²) in [6.07, 6.45) is 4.84. The number of hydrogen-bond donors (Lipinski definition) is 1. The molecule has 0 aromatic carbocycles. The Morgan fingerprint density at radius 3 is 1.92 bits per heavy atom. The van der Waals surface area contributed by atoms with Crippen LogP contribution in [0.3, 0.4) is 0 Å². The van der Waals surface area contributed by atoms with Crippen LogP contribution >= 0.6 is 0 Å². The number of nitrogens with zero attached hydrogens (tertiary/aromatic N) is 1. The number of rotatable bonds is 2. The van der Waals surface area contributed by atoms with Gasteiger partial charge in [-0.05, 0) is 32.7 Å². The minimum Gasteiger partial charge on any atom is -0.328 e. The molecule has 72 valence electrons. The molecule has 0 aromatic heterocycles. The van der Waals surface area contributed by atoms with Crippen molar-refractivity contribution < 1.29 is 0 Å². The minimum atomic E-state index is 0.441. The van der Waals surface area contributed by atoms with Crippen molar-refractivity contribution in [2.75, 3.05) is 7.05 Å². The highest BCUT2D eigenvalue weighted by molar-refractivity contribution is 4.87. The predicted molar refractivity (Wildman–Crippen MR) is 53.1 cm³/mol. The molecular formula is C10H22N2. The van der Waals surface area contributed by atoms with Gasteiger partial charge in [-0.1, -0.05) is 13.8 Å². The van der Waals surface area contributed by atoms with Crippen molar-refractivity contribution >= 4 is 0 Å². The lowest BCUT2D eigenvalue weighted by Crippen LogP contribution is -2.50. The average Bonchev–Trinajstić information content (AvgIpc) is 2.08. The number of piperidine rings is 1. The summed E-state index contributed by atoms with van der Waals surface area (Å²) in [4.78, 5) is 2.52. The Morgan fingerprint density at radius 1 is 1.17 bits per heavy atom. The minimum absolute atomic E-state index is 0.441. The standard InChI is InChI=1S/C10H22N2/c1-4-9-6-8(11)7-10(5-2)12(9)3/h8-10H,4-7,11H2,1-3H3/t8?,9-,10+. The van der Waals surface area contributed by atoms with Gasteiger partial charge in [0.2, 0.25) is 0 Å². The summed E-state index contributed by atoms with van der Waals surface area (Å²) < 4.78 is 0. The Kier molecular flexibility index (Phi) is 3.53. The highest BCUT2D eigenvalue weighted by atomic mass is 15.2. The van der Waals surface area contributed by atoms with Gasteiger partial charge in [-0.25, -0.2) is 0 Å². The first-order chi connectivity index (χ1) is 5.69. The first-order valence-electron chi connectivity index (χ1n) is 5.16. The van der Waals surface area contributed by atoms with E-state index in [1.54, 1.807) is 0 Å². The molecule has 0 spiro atoms. The van der Waals surface area contributed by atoms with Gasteiger partial charge in [0.05, 0.1) is 0 Å². The van der Waals surface area contributed by atoms with E-state index >= 15 is 0 Å². The molecule has 2 heteroatoms. The van der Waals surface area contributed by atoms with Crippen molar-refractivity contribution in [2.45, 2.75) is 57.7 Å². The smallest absolute Gasteiger partial charge is 0.0107 e. The average molecular weight is 170 g/mol. The van der Waals surface area contributed by atoms with Crippen LogP contribution < -0.4 is 5.73 Å². The fourth-order valence-corrected chi connectivity index (χ4v) is 2.34. The van der Waals surface area contributed by atoms with Crippen LogP contribution in [0.2, 0.25) is 0 Å². The van der Waals surface area contributed by atoms with Gasteiger partial charge in [0.25, 0.3) is 0 Å². The highest BCUT2D eigenvalue weighted by Crippen LogP contribution is 2.24. The molecule has 0 radical (unpaired) electrons. The van der Waals surface area contributed by atoms with E-state index in [0.717, 1.165) is 12.1 Å². The lowest BCUT2D eigenvalue weighted by atomic mass is 9.90. The van der Waals surface area contributed by atoms with Gasteiger partial charge in [-0.3, -0.25) is 0 Å². The molecule has 12 heavy (non-hydrogen) atoms. The third-order valence-electron chi connectivity index (χ3n) is 3.24. The molecule has 0 aromatic rings. The van der Waals surface area contributed by atoms with Crippen LogP contribution in [0.1, 0.15) is 39.5 Å². The van der Waals surface area contributed by atoms with Crippen molar-refractivity contribution in [3.05, 3.63) is 0 Å². The van der Waals surface area contributed by atoms with E-state index in [1.165, 1.54) is 25.7 Å². The molecule has 1 heterocycles. The second-order valence-electron chi connectivity index (χ2n) is 4.02. The van der Waals surface area contributed by atoms with Gasteiger partial charge in [0.1, 0.15) is 0 Å². The molecule has 1 rings (SSSR count). The third-order valence-corrected chi connectivity index (χ3v) is 3.24. The lowest BCUT2D eigenvalue weighted by Gasteiger charge is -2.41. The summed E-state index contributed by atoms with van der Waals surface area (Å²) in [5, 5.41) is 0. The van der Waals surface area contributed by atoms with E-state index in [9.17, 15) is 0 Å². The molecule has 1 aliphatic rings. The number of nitrogens with two attached hydrogens (primary N) is 1. The molecule has 0 amide bonds.